The van der Waals surface area contributed by atoms with Gasteiger partial charge in [0.05, 0.1) is 23.6 Å². The maximum atomic E-state index is 4.64. The van der Waals surface area contributed by atoms with Gasteiger partial charge in [0.15, 0.2) is 5.82 Å². The molecule has 0 amide bonds. The second-order valence-corrected chi connectivity index (χ2v) is 5.51. The minimum absolute atomic E-state index is 0.621. The Hall–Kier alpha value is -2.27. The molecule has 0 aliphatic heterocycles. The molecular weight excluding hydrogens is 262 g/mol. The average molecular weight is 281 g/mol. The SMILES string of the molecule is CC(C)CNCc1cncc(-n2ncc3ccccc32)n1. The number of benzene rings is 1. The van der Waals surface area contributed by atoms with Crippen molar-refractivity contribution in [3.63, 3.8) is 0 Å². The molecule has 3 rings (SSSR count). The average Bonchev–Trinajstić information content (AvgIpc) is 2.91. The molecule has 1 N–H and O–H groups in total. The van der Waals surface area contributed by atoms with Crippen LogP contribution in [-0.4, -0.2) is 26.3 Å². The zero-order valence-corrected chi connectivity index (χ0v) is 12.3. The number of rotatable bonds is 5. The molecule has 5 heteroatoms. The fourth-order valence-corrected chi connectivity index (χ4v) is 2.23. The molecule has 0 fully saturated rings. The minimum atomic E-state index is 0.621. The van der Waals surface area contributed by atoms with Crippen LogP contribution in [0.15, 0.2) is 42.9 Å². The Morgan fingerprint density at radius 1 is 1.14 bits per heavy atom. The van der Waals surface area contributed by atoms with Crippen molar-refractivity contribution in [3.8, 4) is 5.82 Å². The second-order valence-electron chi connectivity index (χ2n) is 5.51. The zero-order valence-electron chi connectivity index (χ0n) is 12.3. The van der Waals surface area contributed by atoms with Crippen LogP contribution in [0.1, 0.15) is 19.5 Å². The summed E-state index contributed by atoms with van der Waals surface area (Å²) in [6.07, 6.45) is 5.38. The van der Waals surface area contributed by atoms with Gasteiger partial charge in [0.1, 0.15) is 0 Å². The summed E-state index contributed by atoms with van der Waals surface area (Å²) in [6.45, 7) is 6.06. The van der Waals surface area contributed by atoms with Crippen LogP contribution >= 0.6 is 0 Å². The first-order valence-electron chi connectivity index (χ1n) is 7.19. The van der Waals surface area contributed by atoms with Gasteiger partial charge in [0.25, 0.3) is 0 Å². The van der Waals surface area contributed by atoms with Crippen molar-refractivity contribution in [2.24, 2.45) is 5.92 Å². The van der Waals surface area contributed by atoms with Gasteiger partial charge in [-0.25, -0.2) is 9.67 Å². The van der Waals surface area contributed by atoms with Crippen LogP contribution in [0.25, 0.3) is 16.7 Å². The predicted molar refractivity (Wildman–Crippen MR) is 83.2 cm³/mol. The van der Waals surface area contributed by atoms with Gasteiger partial charge in [0.2, 0.25) is 0 Å². The lowest BCUT2D eigenvalue weighted by molar-refractivity contribution is 0.547. The summed E-state index contributed by atoms with van der Waals surface area (Å²) in [5, 5.41) is 8.89. The van der Waals surface area contributed by atoms with Crippen molar-refractivity contribution >= 4 is 10.9 Å². The third-order valence-corrected chi connectivity index (χ3v) is 3.22. The van der Waals surface area contributed by atoms with Crippen LogP contribution in [-0.2, 0) is 6.54 Å². The van der Waals surface area contributed by atoms with Crippen LogP contribution in [0.5, 0.6) is 0 Å². The molecule has 0 unspecified atom stereocenters. The maximum absolute atomic E-state index is 4.64. The molecule has 0 atom stereocenters. The summed E-state index contributed by atoms with van der Waals surface area (Å²) >= 11 is 0. The first-order valence-corrected chi connectivity index (χ1v) is 7.19. The largest absolute Gasteiger partial charge is 0.311 e. The normalized spacial score (nSPS) is 11.4. The van der Waals surface area contributed by atoms with Gasteiger partial charge >= 0.3 is 0 Å². The molecule has 0 radical (unpaired) electrons. The van der Waals surface area contributed by atoms with E-state index in [1.165, 1.54) is 0 Å². The predicted octanol–water partition coefficient (Wildman–Crippen LogP) is 2.56. The molecule has 0 saturated heterocycles. The van der Waals surface area contributed by atoms with Crippen molar-refractivity contribution in [1.82, 2.24) is 25.1 Å². The summed E-state index contributed by atoms with van der Waals surface area (Å²) < 4.78 is 1.83. The van der Waals surface area contributed by atoms with E-state index in [4.69, 9.17) is 0 Å². The van der Waals surface area contributed by atoms with Crippen LogP contribution in [0.4, 0.5) is 0 Å². The molecule has 108 valence electrons. The number of fused-ring (bicyclic) bond motifs is 1. The van der Waals surface area contributed by atoms with E-state index in [2.05, 4.69) is 34.2 Å². The highest BCUT2D eigenvalue weighted by Crippen LogP contribution is 2.16. The van der Waals surface area contributed by atoms with Crippen molar-refractivity contribution < 1.29 is 0 Å². The van der Waals surface area contributed by atoms with Gasteiger partial charge in [-0.15, -0.1) is 0 Å². The number of aromatic nitrogens is 4. The van der Waals surface area contributed by atoms with Crippen LogP contribution in [0, 0.1) is 5.92 Å². The number of para-hydroxylation sites is 1. The van der Waals surface area contributed by atoms with E-state index in [9.17, 15) is 0 Å². The van der Waals surface area contributed by atoms with Gasteiger partial charge in [-0.2, -0.15) is 5.10 Å². The lowest BCUT2D eigenvalue weighted by atomic mass is 10.2. The minimum Gasteiger partial charge on any atom is -0.311 e. The summed E-state index contributed by atoms with van der Waals surface area (Å²) in [6, 6.07) is 8.09. The van der Waals surface area contributed by atoms with E-state index in [0.717, 1.165) is 35.5 Å². The molecule has 3 aromatic rings. The van der Waals surface area contributed by atoms with E-state index in [-0.39, 0.29) is 0 Å². The zero-order chi connectivity index (χ0) is 14.7. The Morgan fingerprint density at radius 3 is 2.86 bits per heavy atom. The fourth-order valence-electron chi connectivity index (χ4n) is 2.23. The van der Waals surface area contributed by atoms with Gasteiger partial charge in [-0.05, 0) is 18.5 Å². The Balaban J connectivity index is 1.85. The molecule has 2 aromatic heterocycles. The quantitative estimate of drug-likeness (QED) is 0.781. The second kappa shape index (κ2) is 6.01. The van der Waals surface area contributed by atoms with Gasteiger partial charge < -0.3 is 5.32 Å². The lowest BCUT2D eigenvalue weighted by Gasteiger charge is -2.08. The van der Waals surface area contributed by atoms with E-state index in [1.54, 1.807) is 12.4 Å². The highest BCUT2D eigenvalue weighted by Gasteiger charge is 2.06. The Morgan fingerprint density at radius 2 is 2.00 bits per heavy atom. The first-order chi connectivity index (χ1) is 10.2. The third-order valence-electron chi connectivity index (χ3n) is 3.22. The van der Waals surface area contributed by atoms with Crippen LogP contribution in [0.3, 0.4) is 0 Å². The molecule has 0 aliphatic carbocycles. The lowest BCUT2D eigenvalue weighted by Crippen LogP contribution is -2.20. The van der Waals surface area contributed by atoms with Crippen molar-refractivity contribution in [1.29, 1.82) is 0 Å². The Labute approximate surface area is 124 Å². The van der Waals surface area contributed by atoms with Crippen LogP contribution < -0.4 is 5.32 Å². The standard InChI is InChI=1S/C16H19N5/c1-12(2)7-17-9-14-10-18-11-16(20-14)21-15-6-4-3-5-13(15)8-19-21/h3-6,8,10-12,17H,7,9H2,1-2H3. The molecule has 1 aromatic carbocycles. The molecule has 21 heavy (non-hydrogen) atoms. The van der Waals surface area contributed by atoms with E-state index in [1.807, 2.05) is 35.1 Å². The highest BCUT2D eigenvalue weighted by atomic mass is 15.3. The number of hydrogen-bond acceptors (Lipinski definition) is 4. The molecule has 0 saturated carbocycles. The topological polar surface area (TPSA) is 55.6 Å². The van der Waals surface area contributed by atoms with E-state index in [0.29, 0.717) is 5.92 Å². The summed E-state index contributed by atoms with van der Waals surface area (Å²) in [7, 11) is 0. The van der Waals surface area contributed by atoms with Gasteiger partial charge in [0, 0.05) is 18.1 Å². The molecule has 0 bridgehead atoms. The van der Waals surface area contributed by atoms with Gasteiger partial charge in [-0.1, -0.05) is 32.0 Å². The fraction of sp³-hybridized carbons (Fsp3) is 0.312. The molecule has 0 spiro atoms. The number of hydrogen-bond donors (Lipinski definition) is 1. The van der Waals surface area contributed by atoms with E-state index < -0.39 is 0 Å². The Bertz CT molecular complexity index is 732. The smallest absolute Gasteiger partial charge is 0.172 e. The number of nitrogens with zero attached hydrogens (tertiary/aromatic N) is 4. The maximum Gasteiger partial charge on any atom is 0.172 e. The first kappa shape index (κ1) is 13.7. The Kier molecular flexibility index (Phi) is 3.92. The summed E-state index contributed by atoms with van der Waals surface area (Å²) in [5.74, 6) is 1.37. The van der Waals surface area contributed by atoms with Crippen molar-refractivity contribution in [2.75, 3.05) is 6.54 Å². The highest BCUT2D eigenvalue weighted by molar-refractivity contribution is 5.79. The van der Waals surface area contributed by atoms with E-state index >= 15 is 0 Å². The third kappa shape index (κ3) is 3.08. The number of nitrogens with one attached hydrogen (secondary N) is 1. The molecule has 0 aliphatic rings. The van der Waals surface area contributed by atoms with Crippen molar-refractivity contribution in [2.45, 2.75) is 20.4 Å². The molecule has 2 heterocycles. The van der Waals surface area contributed by atoms with Gasteiger partial charge in [-0.3, -0.25) is 4.98 Å². The van der Waals surface area contributed by atoms with Crippen molar-refractivity contribution in [3.05, 3.63) is 48.5 Å². The molecular formula is C16H19N5. The summed E-state index contributed by atoms with van der Waals surface area (Å²) in [5.41, 5.74) is 1.96. The molecule has 5 nitrogen and oxygen atoms in total. The van der Waals surface area contributed by atoms with Crippen LogP contribution in [0.2, 0.25) is 0 Å². The summed E-state index contributed by atoms with van der Waals surface area (Å²) in [4.78, 5) is 8.92. The monoisotopic (exact) mass is 281 g/mol.